The molecule has 140 valence electrons. The smallest absolute Gasteiger partial charge is 0.337 e. The molecular weight excluding hydrogens is 330 g/mol. The second kappa shape index (κ2) is 9.36. The van der Waals surface area contributed by atoms with Gasteiger partial charge in [-0.25, -0.2) is 4.79 Å². The van der Waals surface area contributed by atoms with Crippen molar-refractivity contribution in [2.75, 3.05) is 27.3 Å². The molecule has 2 aromatic rings. The predicted octanol–water partition coefficient (Wildman–Crippen LogP) is 2.96. The highest BCUT2D eigenvalue weighted by molar-refractivity contribution is 5.89. The van der Waals surface area contributed by atoms with Crippen LogP contribution in [0.3, 0.4) is 0 Å². The number of likely N-dealkylation sites (N-methyl/N-ethyl adjacent to an activating group) is 1. The van der Waals surface area contributed by atoms with Crippen LogP contribution >= 0.6 is 0 Å². The van der Waals surface area contributed by atoms with Crippen molar-refractivity contribution in [3.05, 3.63) is 64.7 Å². The van der Waals surface area contributed by atoms with Crippen molar-refractivity contribution in [2.45, 2.75) is 26.5 Å². The third-order valence-electron chi connectivity index (χ3n) is 4.18. The molecule has 0 bridgehead atoms. The van der Waals surface area contributed by atoms with Crippen molar-refractivity contribution in [1.82, 2.24) is 4.90 Å². The van der Waals surface area contributed by atoms with Crippen molar-refractivity contribution in [3.8, 4) is 5.75 Å². The van der Waals surface area contributed by atoms with Gasteiger partial charge in [-0.3, -0.25) is 4.90 Å². The van der Waals surface area contributed by atoms with E-state index in [-0.39, 0.29) is 12.6 Å². The van der Waals surface area contributed by atoms with Gasteiger partial charge in [0, 0.05) is 13.1 Å². The van der Waals surface area contributed by atoms with E-state index in [0.29, 0.717) is 18.7 Å². The zero-order valence-electron chi connectivity index (χ0n) is 15.9. The molecule has 0 aliphatic carbocycles. The molecule has 5 nitrogen and oxygen atoms in total. The molecule has 0 aliphatic rings. The number of esters is 1. The van der Waals surface area contributed by atoms with E-state index < -0.39 is 6.10 Å². The van der Waals surface area contributed by atoms with Gasteiger partial charge >= 0.3 is 5.97 Å². The summed E-state index contributed by atoms with van der Waals surface area (Å²) in [6.07, 6.45) is -0.589. The fourth-order valence-corrected chi connectivity index (χ4v) is 2.86. The minimum Gasteiger partial charge on any atom is -0.490 e. The monoisotopic (exact) mass is 357 g/mol. The van der Waals surface area contributed by atoms with E-state index in [2.05, 4.69) is 0 Å². The first kappa shape index (κ1) is 19.9. The van der Waals surface area contributed by atoms with Gasteiger partial charge in [0.05, 0.1) is 12.7 Å². The molecule has 0 unspecified atom stereocenters. The van der Waals surface area contributed by atoms with Gasteiger partial charge in [-0.1, -0.05) is 30.3 Å². The summed E-state index contributed by atoms with van der Waals surface area (Å²) < 4.78 is 10.5. The number of para-hydroxylation sites is 1. The number of methoxy groups -OCH3 is 1. The van der Waals surface area contributed by atoms with Gasteiger partial charge in [0.15, 0.2) is 0 Å². The van der Waals surface area contributed by atoms with Gasteiger partial charge in [-0.2, -0.15) is 0 Å². The Morgan fingerprint density at radius 3 is 2.31 bits per heavy atom. The summed E-state index contributed by atoms with van der Waals surface area (Å²) >= 11 is 0. The van der Waals surface area contributed by atoms with E-state index in [9.17, 15) is 9.90 Å². The fraction of sp³-hybridized carbons (Fsp3) is 0.381. The molecular formula is C21H27NO4. The number of rotatable bonds is 8. The molecule has 0 fully saturated rings. The molecule has 0 saturated heterocycles. The van der Waals surface area contributed by atoms with Crippen molar-refractivity contribution in [2.24, 2.45) is 0 Å². The highest BCUT2D eigenvalue weighted by atomic mass is 16.5. The normalized spacial score (nSPS) is 12.1. The Hall–Kier alpha value is -2.37. The summed E-state index contributed by atoms with van der Waals surface area (Å²) in [5.74, 6) is 0.497. The Balaban J connectivity index is 1.83. The first-order valence-electron chi connectivity index (χ1n) is 8.63. The first-order valence-corrected chi connectivity index (χ1v) is 8.63. The van der Waals surface area contributed by atoms with E-state index in [0.717, 1.165) is 22.4 Å². The number of carbonyl (C=O) groups excluding carboxylic acids is 1. The lowest BCUT2D eigenvalue weighted by Gasteiger charge is -2.21. The summed E-state index contributed by atoms with van der Waals surface area (Å²) in [6.45, 7) is 5.40. The molecule has 0 saturated carbocycles. The van der Waals surface area contributed by atoms with E-state index in [1.54, 1.807) is 12.1 Å². The van der Waals surface area contributed by atoms with Crippen LogP contribution in [0, 0.1) is 13.8 Å². The van der Waals surface area contributed by atoms with E-state index in [4.69, 9.17) is 9.47 Å². The predicted molar refractivity (Wildman–Crippen MR) is 102 cm³/mol. The van der Waals surface area contributed by atoms with Gasteiger partial charge in [0.25, 0.3) is 0 Å². The molecule has 1 N–H and O–H groups in total. The summed E-state index contributed by atoms with van der Waals surface area (Å²) in [6, 6.07) is 13.3. The van der Waals surface area contributed by atoms with Crippen molar-refractivity contribution in [1.29, 1.82) is 0 Å². The number of ether oxygens (including phenoxy) is 2. The van der Waals surface area contributed by atoms with Gasteiger partial charge in [0.2, 0.25) is 0 Å². The number of aliphatic hydroxyl groups excluding tert-OH is 1. The highest BCUT2D eigenvalue weighted by Gasteiger charge is 2.12. The number of carbonyl (C=O) groups is 1. The summed E-state index contributed by atoms with van der Waals surface area (Å²) in [5.41, 5.74) is 3.72. The third-order valence-corrected chi connectivity index (χ3v) is 4.18. The zero-order chi connectivity index (χ0) is 19.1. The van der Waals surface area contributed by atoms with Crippen molar-refractivity contribution in [3.63, 3.8) is 0 Å². The Morgan fingerprint density at radius 1 is 1.12 bits per heavy atom. The van der Waals surface area contributed by atoms with Crippen LogP contribution in [0.5, 0.6) is 5.75 Å². The molecule has 0 aliphatic heterocycles. The Labute approximate surface area is 155 Å². The van der Waals surface area contributed by atoms with E-state index >= 15 is 0 Å². The number of hydrogen-bond donors (Lipinski definition) is 1. The van der Waals surface area contributed by atoms with Crippen LogP contribution in [0.25, 0.3) is 0 Å². The minimum absolute atomic E-state index is 0.247. The van der Waals surface area contributed by atoms with Crippen LogP contribution < -0.4 is 4.74 Å². The van der Waals surface area contributed by atoms with Crippen LogP contribution in [0.2, 0.25) is 0 Å². The number of aliphatic hydroxyl groups is 1. The van der Waals surface area contributed by atoms with Crippen LogP contribution in [0.4, 0.5) is 0 Å². The molecule has 2 rings (SSSR count). The van der Waals surface area contributed by atoms with Crippen LogP contribution in [-0.4, -0.2) is 49.4 Å². The van der Waals surface area contributed by atoms with Gasteiger partial charge < -0.3 is 14.6 Å². The van der Waals surface area contributed by atoms with E-state index in [1.807, 2.05) is 56.1 Å². The number of hydrogen-bond acceptors (Lipinski definition) is 5. The van der Waals surface area contributed by atoms with Crippen LogP contribution in [0.1, 0.15) is 27.0 Å². The van der Waals surface area contributed by atoms with Crippen molar-refractivity contribution >= 4 is 5.97 Å². The Bertz CT molecular complexity index is 707. The summed E-state index contributed by atoms with van der Waals surface area (Å²) in [5, 5.41) is 10.3. The lowest BCUT2D eigenvalue weighted by Crippen LogP contribution is -2.33. The largest absolute Gasteiger partial charge is 0.490 e. The molecule has 2 aromatic carbocycles. The number of benzene rings is 2. The SMILES string of the molecule is COC(=O)c1ccc(CN(C)C[C@H](O)COc2c(C)cccc2C)cc1. The van der Waals surface area contributed by atoms with Gasteiger partial charge in [-0.05, 0) is 49.7 Å². The zero-order valence-corrected chi connectivity index (χ0v) is 15.9. The van der Waals surface area contributed by atoms with Gasteiger partial charge in [0.1, 0.15) is 18.5 Å². The van der Waals surface area contributed by atoms with E-state index in [1.165, 1.54) is 7.11 Å². The number of nitrogens with zero attached hydrogens (tertiary/aromatic N) is 1. The minimum atomic E-state index is -0.589. The van der Waals surface area contributed by atoms with Gasteiger partial charge in [-0.15, -0.1) is 0 Å². The van der Waals surface area contributed by atoms with Crippen molar-refractivity contribution < 1.29 is 19.4 Å². The Morgan fingerprint density at radius 2 is 1.73 bits per heavy atom. The lowest BCUT2D eigenvalue weighted by molar-refractivity contribution is 0.0600. The summed E-state index contributed by atoms with van der Waals surface area (Å²) in [4.78, 5) is 13.5. The molecule has 0 radical (unpaired) electrons. The number of aryl methyl sites for hydroxylation is 2. The highest BCUT2D eigenvalue weighted by Crippen LogP contribution is 2.22. The maximum Gasteiger partial charge on any atom is 0.337 e. The molecule has 5 heteroatoms. The second-order valence-corrected chi connectivity index (χ2v) is 6.57. The molecule has 1 atom stereocenters. The standard InChI is InChI=1S/C21H27NO4/c1-15-6-5-7-16(2)20(15)26-14-19(23)13-22(3)12-17-8-10-18(11-9-17)21(24)25-4/h5-11,19,23H,12-14H2,1-4H3/t19-/m0/s1. The molecule has 26 heavy (non-hydrogen) atoms. The fourth-order valence-electron chi connectivity index (χ4n) is 2.86. The Kier molecular flexibility index (Phi) is 7.18. The quantitative estimate of drug-likeness (QED) is 0.736. The van der Waals surface area contributed by atoms with Crippen LogP contribution in [0.15, 0.2) is 42.5 Å². The molecule has 0 aromatic heterocycles. The first-order chi connectivity index (χ1) is 12.4. The molecule has 0 amide bonds. The third kappa shape index (κ3) is 5.58. The summed E-state index contributed by atoms with van der Waals surface area (Å²) in [7, 11) is 3.31. The molecule has 0 heterocycles. The van der Waals surface area contributed by atoms with Crippen LogP contribution in [-0.2, 0) is 11.3 Å². The lowest BCUT2D eigenvalue weighted by atomic mass is 10.1. The molecule has 0 spiro atoms. The average Bonchev–Trinajstić information content (AvgIpc) is 2.61. The maximum absolute atomic E-state index is 11.4. The average molecular weight is 357 g/mol. The topological polar surface area (TPSA) is 59.0 Å². The maximum atomic E-state index is 11.4. The second-order valence-electron chi connectivity index (χ2n) is 6.57.